The molecule has 0 fully saturated rings. The molecular weight excluding hydrogens is 232 g/mol. The van der Waals surface area contributed by atoms with Crippen molar-refractivity contribution in [3.8, 4) is 5.75 Å². The molecule has 102 valence electrons. The monoisotopic (exact) mass is 254 g/mol. The van der Waals surface area contributed by atoms with Gasteiger partial charge in [0.2, 0.25) is 0 Å². The van der Waals surface area contributed by atoms with Crippen LogP contribution in [-0.2, 0) is 15.9 Å². The first-order valence-corrected chi connectivity index (χ1v) is 6.20. The Kier molecular flexibility index (Phi) is 6.12. The van der Waals surface area contributed by atoms with Gasteiger partial charge in [-0.25, -0.2) is 0 Å². The van der Waals surface area contributed by atoms with E-state index in [0.29, 0.717) is 5.56 Å². The first-order chi connectivity index (χ1) is 8.65. The third-order valence-electron chi connectivity index (χ3n) is 2.99. The molecule has 0 aromatic heterocycles. The lowest BCUT2D eigenvalue weighted by Crippen LogP contribution is -2.23. The quantitative estimate of drug-likeness (QED) is 0.733. The largest absolute Gasteiger partial charge is 0.508 e. The zero-order valence-corrected chi connectivity index (χ0v) is 11.2. The third kappa shape index (κ3) is 3.45. The van der Waals surface area contributed by atoms with Crippen molar-refractivity contribution < 1.29 is 19.7 Å². The smallest absolute Gasteiger partial charge is 0.187 e. The maximum atomic E-state index is 10.2. The highest BCUT2D eigenvalue weighted by molar-refractivity contribution is 5.41. The molecule has 0 saturated heterocycles. The molecule has 4 heteroatoms. The molecule has 0 saturated carbocycles. The van der Waals surface area contributed by atoms with Crippen LogP contribution >= 0.6 is 0 Å². The summed E-state index contributed by atoms with van der Waals surface area (Å²) in [7, 11) is 2.92. The number of rotatable bonds is 7. The highest BCUT2D eigenvalue weighted by Gasteiger charge is 2.25. The van der Waals surface area contributed by atoms with Gasteiger partial charge >= 0.3 is 0 Å². The van der Waals surface area contributed by atoms with Crippen molar-refractivity contribution in [3.05, 3.63) is 29.3 Å². The molecule has 0 radical (unpaired) electrons. The lowest BCUT2D eigenvalue weighted by Gasteiger charge is -2.23. The molecule has 0 aliphatic heterocycles. The average Bonchev–Trinajstić information content (AvgIpc) is 2.37. The molecule has 0 aliphatic carbocycles. The van der Waals surface area contributed by atoms with Crippen molar-refractivity contribution >= 4 is 0 Å². The summed E-state index contributed by atoms with van der Waals surface area (Å²) in [5, 5.41) is 20.2. The standard InChI is InChI=1S/C14H22O4/c1-4-5-7-10-8-6-9-11(15)12(10)13(16)14(17-2)18-3/h6,8-9,13-16H,4-5,7H2,1-3H3. The van der Waals surface area contributed by atoms with Crippen LogP contribution in [0.1, 0.15) is 37.0 Å². The molecule has 0 amide bonds. The van der Waals surface area contributed by atoms with Crippen molar-refractivity contribution in [1.29, 1.82) is 0 Å². The van der Waals surface area contributed by atoms with E-state index < -0.39 is 12.4 Å². The summed E-state index contributed by atoms with van der Waals surface area (Å²) in [5.74, 6) is 0.0789. The first kappa shape index (κ1) is 15.0. The van der Waals surface area contributed by atoms with Crippen LogP contribution in [0.4, 0.5) is 0 Å². The molecule has 1 aromatic carbocycles. The molecule has 2 N–H and O–H groups in total. The number of aliphatic hydroxyl groups excluding tert-OH is 1. The number of benzene rings is 1. The van der Waals surface area contributed by atoms with E-state index in [1.165, 1.54) is 14.2 Å². The Morgan fingerprint density at radius 3 is 2.44 bits per heavy atom. The second-order valence-electron chi connectivity index (χ2n) is 4.24. The van der Waals surface area contributed by atoms with Crippen molar-refractivity contribution in [1.82, 2.24) is 0 Å². The fourth-order valence-corrected chi connectivity index (χ4v) is 2.02. The van der Waals surface area contributed by atoms with E-state index in [2.05, 4.69) is 6.92 Å². The minimum atomic E-state index is -0.993. The number of ether oxygens (including phenoxy) is 2. The van der Waals surface area contributed by atoms with Gasteiger partial charge in [0.1, 0.15) is 11.9 Å². The molecule has 1 atom stereocenters. The minimum absolute atomic E-state index is 0.0789. The van der Waals surface area contributed by atoms with Crippen LogP contribution in [-0.4, -0.2) is 30.7 Å². The van der Waals surface area contributed by atoms with Crippen LogP contribution in [0, 0.1) is 0 Å². The SMILES string of the molecule is CCCCc1cccc(O)c1C(O)C(OC)OC. The Morgan fingerprint density at radius 2 is 1.89 bits per heavy atom. The molecule has 0 aliphatic rings. The summed E-state index contributed by atoms with van der Waals surface area (Å²) in [4.78, 5) is 0. The fraction of sp³-hybridized carbons (Fsp3) is 0.571. The van der Waals surface area contributed by atoms with E-state index >= 15 is 0 Å². The highest BCUT2D eigenvalue weighted by Crippen LogP contribution is 2.31. The number of hydrogen-bond donors (Lipinski definition) is 2. The van der Waals surface area contributed by atoms with E-state index in [1.54, 1.807) is 12.1 Å². The minimum Gasteiger partial charge on any atom is -0.508 e. The first-order valence-electron chi connectivity index (χ1n) is 6.20. The van der Waals surface area contributed by atoms with Crippen LogP contribution in [0.25, 0.3) is 0 Å². The zero-order chi connectivity index (χ0) is 13.5. The van der Waals surface area contributed by atoms with E-state index in [0.717, 1.165) is 24.8 Å². The van der Waals surface area contributed by atoms with Gasteiger partial charge in [-0.1, -0.05) is 25.5 Å². The molecule has 0 spiro atoms. The molecule has 0 heterocycles. The molecule has 1 unspecified atom stereocenters. The van der Waals surface area contributed by atoms with Crippen molar-refractivity contribution in [2.24, 2.45) is 0 Å². The van der Waals surface area contributed by atoms with Crippen LogP contribution in [0.2, 0.25) is 0 Å². The Morgan fingerprint density at radius 1 is 1.22 bits per heavy atom. The van der Waals surface area contributed by atoms with E-state index in [9.17, 15) is 10.2 Å². The summed E-state index contributed by atoms with van der Waals surface area (Å²) in [6.07, 6.45) is 1.11. The zero-order valence-electron chi connectivity index (χ0n) is 11.2. The van der Waals surface area contributed by atoms with Crippen molar-refractivity contribution in [2.75, 3.05) is 14.2 Å². The van der Waals surface area contributed by atoms with Crippen molar-refractivity contribution in [2.45, 2.75) is 38.6 Å². The number of phenolic OH excluding ortho intramolecular Hbond substituents is 1. The molecule has 0 bridgehead atoms. The predicted octanol–water partition coefficient (Wildman–Crippen LogP) is 2.39. The Balaban J connectivity index is 3.04. The lowest BCUT2D eigenvalue weighted by molar-refractivity contribution is -0.166. The third-order valence-corrected chi connectivity index (χ3v) is 2.99. The Bertz CT molecular complexity index is 361. The van der Waals surface area contributed by atoms with Crippen LogP contribution < -0.4 is 0 Å². The number of aliphatic hydroxyl groups is 1. The topological polar surface area (TPSA) is 58.9 Å². The second-order valence-corrected chi connectivity index (χ2v) is 4.24. The number of aromatic hydroxyl groups is 1. The molecule has 18 heavy (non-hydrogen) atoms. The predicted molar refractivity (Wildman–Crippen MR) is 69.5 cm³/mol. The van der Waals surface area contributed by atoms with Gasteiger partial charge in [-0.2, -0.15) is 0 Å². The Hall–Kier alpha value is -1.10. The number of methoxy groups -OCH3 is 2. The van der Waals surface area contributed by atoms with Gasteiger partial charge in [0, 0.05) is 19.8 Å². The average molecular weight is 254 g/mol. The maximum Gasteiger partial charge on any atom is 0.187 e. The number of hydrogen-bond acceptors (Lipinski definition) is 4. The van der Waals surface area contributed by atoms with E-state index in [-0.39, 0.29) is 5.75 Å². The Labute approximate surface area is 108 Å². The second kappa shape index (κ2) is 7.36. The molecule has 4 nitrogen and oxygen atoms in total. The van der Waals surface area contributed by atoms with Gasteiger partial charge in [0.15, 0.2) is 6.29 Å². The van der Waals surface area contributed by atoms with Crippen molar-refractivity contribution in [3.63, 3.8) is 0 Å². The van der Waals surface area contributed by atoms with E-state index in [1.807, 2.05) is 6.07 Å². The maximum absolute atomic E-state index is 10.2. The summed E-state index contributed by atoms with van der Waals surface area (Å²) < 4.78 is 10.1. The summed E-state index contributed by atoms with van der Waals surface area (Å²) >= 11 is 0. The highest BCUT2D eigenvalue weighted by atomic mass is 16.7. The fourth-order valence-electron chi connectivity index (χ4n) is 2.02. The summed E-state index contributed by atoms with van der Waals surface area (Å²) in [6.45, 7) is 2.10. The van der Waals surface area contributed by atoms with Crippen LogP contribution in [0.5, 0.6) is 5.75 Å². The number of phenols is 1. The molecule has 1 aromatic rings. The van der Waals surface area contributed by atoms with Gasteiger partial charge in [-0.15, -0.1) is 0 Å². The van der Waals surface area contributed by atoms with Gasteiger partial charge in [-0.05, 0) is 24.5 Å². The van der Waals surface area contributed by atoms with Gasteiger partial charge in [0.25, 0.3) is 0 Å². The normalized spacial score (nSPS) is 12.9. The summed E-state index contributed by atoms with van der Waals surface area (Å²) in [6, 6.07) is 5.26. The van der Waals surface area contributed by atoms with Crippen LogP contribution in [0.15, 0.2) is 18.2 Å². The van der Waals surface area contributed by atoms with Gasteiger partial charge in [-0.3, -0.25) is 0 Å². The molecular formula is C14H22O4. The van der Waals surface area contributed by atoms with Gasteiger partial charge in [0.05, 0.1) is 0 Å². The van der Waals surface area contributed by atoms with E-state index in [4.69, 9.17) is 9.47 Å². The molecule has 1 rings (SSSR count). The lowest BCUT2D eigenvalue weighted by atomic mass is 9.96. The van der Waals surface area contributed by atoms with Crippen LogP contribution in [0.3, 0.4) is 0 Å². The summed E-state index contributed by atoms with van der Waals surface area (Å²) in [5.41, 5.74) is 1.43. The number of unbranched alkanes of at least 4 members (excludes halogenated alkanes) is 1. The van der Waals surface area contributed by atoms with Gasteiger partial charge < -0.3 is 19.7 Å². The number of aryl methyl sites for hydroxylation is 1.